The first-order valence-electron chi connectivity index (χ1n) is 4.24. The normalized spacial score (nSPS) is 10.7. The molecule has 0 unspecified atom stereocenters. The van der Waals surface area contributed by atoms with Crippen molar-refractivity contribution < 1.29 is 4.79 Å². The van der Waals surface area contributed by atoms with Gasteiger partial charge in [0.2, 0.25) is 5.91 Å². The average molecular weight is 208 g/mol. The number of carbonyl (C=O) groups excluding carboxylic acids is 1. The molecule has 0 aliphatic carbocycles. The Morgan fingerprint density at radius 3 is 2.71 bits per heavy atom. The van der Waals surface area contributed by atoms with Crippen LogP contribution in [-0.4, -0.2) is 5.91 Å². The molecule has 1 rings (SSSR count). The minimum Gasteiger partial charge on any atom is -0.316 e. The van der Waals surface area contributed by atoms with E-state index < -0.39 is 5.41 Å². The van der Waals surface area contributed by atoms with Crippen molar-refractivity contribution in [2.24, 2.45) is 5.41 Å². The molecule has 0 radical (unpaired) electrons. The van der Waals surface area contributed by atoms with E-state index >= 15 is 0 Å². The lowest BCUT2D eigenvalue weighted by Crippen LogP contribution is -2.29. The maximum Gasteiger partial charge on any atom is 0.244 e. The van der Waals surface area contributed by atoms with E-state index in [9.17, 15) is 4.79 Å². The Balaban J connectivity index is 2.78. The number of hydrogen-bond acceptors (Lipinski definition) is 3. The second-order valence-corrected chi connectivity index (χ2v) is 4.54. The number of carbonyl (C=O) groups is 1. The maximum absolute atomic E-state index is 11.6. The van der Waals surface area contributed by atoms with E-state index in [2.05, 4.69) is 5.32 Å². The lowest BCUT2D eigenvalue weighted by Gasteiger charge is -2.14. The fourth-order valence-corrected chi connectivity index (χ4v) is 1.62. The molecule has 0 bridgehead atoms. The van der Waals surface area contributed by atoms with Crippen LogP contribution in [0.15, 0.2) is 11.4 Å². The molecule has 0 aliphatic heterocycles. The van der Waals surface area contributed by atoms with E-state index in [0.717, 1.165) is 10.6 Å². The smallest absolute Gasteiger partial charge is 0.244 e. The van der Waals surface area contributed by atoms with Crippen LogP contribution in [0, 0.1) is 23.7 Å². The maximum atomic E-state index is 11.6. The molecule has 0 saturated carbocycles. The molecule has 0 saturated heterocycles. The fraction of sp³-hybridized carbons (Fsp3) is 0.400. The second-order valence-electron chi connectivity index (χ2n) is 3.62. The first-order valence-corrected chi connectivity index (χ1v) is 5.12. The number of aryl methyl sites for hydroxylation is 1. The lowest BCUT2D eigenvalue weighted by atomic mass is 9.95. The summed E-state index contributed by atoms with van der Waals surface area (Å²) in [6.07, 6.45) is 0. The fourth-order valence-electron chi connectivity index (χ4n) is 0.811. The van der Waals surface area contributed by atoms with Crippen LogP contribution >= 0.6 is 11.3 Å². The quantitative estimate of drug-likeness (QED) is 0.812. The Hall–Kier alpha value is -1.34. The van der Waals surface area contributed by atoms with E-state index in [0.29, 0.717) is 0 Å². The van der Waals surface area contributed by atoms with Crippen molar-refractivity contribution in [3.63, 3.8) is 0 Å². The molecule has 74 valence electrons. The Kier molecular flexibility index (Phi) is 2.92. The van der Waals surface area contributed by atoms with Crippen molar-refractivity contribution in [2.45, 2.75) is 20.8 Å². The molecule has 1 N–H and O–H groups in total. The molecule has 4 heteroatoms. The van der Waals surface area contributed by atoms with E-state index in [4.69, 9.17) is 5.26 Å². The van der Waals surface area contributed by atoms with Gasteiger partial charge in [0.05, 0.1) is 11.1 Å². The van der Waals surface area contributed by atoms with Gasteiger partial charge in [0.15, 0.2) is 0 Å². The van der Waals surface area contributed by atoms with Gasteiger partial charge in [-0.15, -0.1) is 11.3 Å². The van der Waals surface area contributed by atoms with Gasteiger partial charge >= 0.3 is 0 Å². The number of anilines is 1. The summed E-state index contributed by atoms with van der Waals surface area (Å²) in [6.45, 7) is 5.13. The largest absolute Gasteiger partial charge is 0.316 e. The molecule has 1 aromatic heterocycles. The molecule has 1 aromatic rings. The van der Waals surface area contributed by atoms with Gasteiger partial charge in [-0.1, -0.05) is 0 Å². The average Bonchev–Trinajstić information content (AvgIpc) is 2.52. The van der Waals surface area contributed by atoms with Crippen molar-refractivity contribution in [3.8, 4) is 6.07 Å². The number of nitrogens with one attached hydrogen (secondary N) is 1. The molecule has 0 aromatic carbocycles. The summed E-state index contributed by atoms with van der Waals surface area (Å²) in [5.41, 5.74) is 0.0493. The van der Waals surface area contributed by atoms with Crippen molar-refractivity contribution >= 4 is 22.2 Å². The van der Waals surface area contributed by atoms with Gasteiger partial charge in [0.1, 0.15) is 5.41 Å². The van der Waals surface area contributed by atoms with Crippen LogP contribution in [0.5, 0.6) is 0 Å². The third-order valence-corrected chi connectivity index (χ3v) is 2.87. The van der Waals surface area contributed by atoms with E-state index in [-0.39, 0.29) is 5.91 Å². The van der Waals surface area contributed by atoms with Crippen molar-refractivity contribution in [2.75, 3.05) is 5.32 Å². The minimum absolute atomic E-state index is 0.259. The number of nitrogens with zero attached hydrogens (tertiary/aromatic N) is 1. The molecule has 0 fully saturated rings. The highest BCUT2D eigenvalue weighted by atomic mass is 32.1. The Morgan fingerprint density at radius 1 is 1.64 bits per heavy atom. The Bertz CT molecular complexity index is 387. The zero-order valence-corrected chi connectivity index (χ0v) is 9.23. The van der Waals surface area contributed by atoms with Gasteiger partial charge in [-0.25, -0.2) is 0 Å². The first-order chi connectivity index (χ1) is 6.47. The van der Waals surface area contributed by atoms with Crippen LogP contribution in [0.25, 0.3) is 0 Å². The summed E-state index contributed by atoms with van der Waals surface area (Å²) in [5.74, 6) is -0.259. The summed E-state index contributed by atoms with van der Waals surface area (Å²) in [5, 5.41) is 14.2. The molecule has 0 aliphatic rings. The highest BCUT2D eigenvalue weighted by Gasteiger charge is 2.27. The SMILES string of the molecule is Cc1ccsc1NC(=O)C(C)(C)C#N. The van der Waals surface area contributed by atoms with Gasteiger partial charge < -0.3 is 5.32 Å². The predicted molar refractivity (Wildman–Crippen MR) is 57.1 cm³/mol. The standard InChI is InChI=1S/C10H12N2OS/c1-7-4-5-14-8(7)12-9(13)10(2,3)6-11/h4-5H,1-3H3,(H,12,13). The van der Waals surface area contributed by atoms with Gasteiger partial charge in [-0.05, 0) is 37.8 Å². The van der Waals surface area contributed by atoms with E-state index in [1.807, 2.05) is 24.4 Å². The molecule has 14 heavy (non-hydrogen) atoms. The van der Waals surface area contributed by atoms with E-state index in [1.54, 1.807) is 13.8 Å². The summed E-state index contributed by atoms with van der Waals surface area (Å²) in [6, 6.07) is 3.90. The van der Waals surface area contributed by atoms with Gasteiger partial charge in [0, 0.05) is 0 Å². The molecular formula is C10H12N2OS. The number of nitriles is 1. The molecule has 0 spiro atoms. The number of hydrogen-bond donors (Lipinski definition) is 1. The van der Waals surface area contributed by atoms with Crippen LogP contribution in [0.1, 0.15) is 19.4 Å². The monoisotopic (exact) mass is 208 g/mol. The summed E-state index contributed by atoms with van der Waals surface area (Å²) >= 11 is 1.46. The highest BCUT2D eigenvalue weighted by Crippen LogP contribution is 2.24. The Morgan fingerprint density at radius 2 is 2.29 bits per heavy atom. The molecule has 0 atom stereocenters. The topological polar surface area (TPSA) is 52.9 Å². The van der Waals surface area contributed by atoms with Crippen LogP contribution in [0.2, 0.25) is 0 Å². The molecule has 1 heterocycles. The van der Waals surface area contributed by atoms with Gasteiger partial charge in [-0.2, -0.15) is 5.26 Å². The third kappa shape index (κ3) is 2.12. The van der Waals surface area contributed by atoms with Gasteiger partial charge in [-0.3, -0.25) is 4.79 Å². The first kappa shape index (κ1) is 10.7. The van der Waals surface area contributed by atoms with Crippen LogP contribution in [-0.2, 0) is 4.79 Å². The summed E-state index contributed by atoms with van der Waals surface area (Å²) < 4.78 is 0. The Labute approximate surface area is 87.4 Å². The number of amides is 1. The minimum atomic E-state index is -0.976. The zero-order valence-electron chi connectivity index (χ0n) is 8.42. The lowest BCUT2D eigenvalue weighted by molar-refractivity contribution is -0.121. The highest BCUT2D eigenvalue weighted by molar-refractivity contribution is 7.14. The van der Waals surface area contributed by atoms with Crippen LogP contribution < -0.4 is 5.32 Å². The third-order valence-electron chi connectivity index (χ3n) is 1.94. The van der Waals surface area contributed by atoms with Crippen molar-refractivity contribution in [1.82, 2.24) is 0 Å². The predicted octanol–water partition coefficient (Wildman–Crippen LogP) is 2.54. The number of rotatable bonds is 2. The van der Waals surface area contributed by atoms with E-state index in [1.165, 1.54) is 11.3 Å². The molecule has 1 amide bonds. The van der Waals surface area contributed by atoms with Gasteiger partial charge in [0.25, 0.3) is 0 Å². The van der Waals surface area contributed by atoms with Crippen molar-refractivity contribution in [3.05, 3.63) is 17.0 Å². The zero-order chi connectivity index (χ0) is 10.8. The summed E-state index contributed by atoms with van der Waals surface area (Å²) in [4.78, 5) is 11.6. The summed E-state index contributed by atoms with van der Waals surface area (Å²) in [7, 11) is 0. The molecular weight excluding hydrogens is 196 g/mol. The van der Waals surface area contributed by atoms with Crippen molar-refractivity contribution in [1.29, 1.82) is 5.26 Å². The van der Waals surface area contributed by atoms with Crippen LogP contribution in [0.3, 0.4) is 0 Å². The van der Waals surface area contributed by atoms with Crippen LogP contribution in [0.4, 0.5) is 5.00 Å². The molecule has 3 nitrogen and oxygen atoms in total. The number of thiophene rings is 1. The second kappa shape index (κ2) is 3.81.